The molecule has 1 aromatic rings. The van der Waals surface area contributed by atoms with Gasteiger partial charge in [-0.3, -0.25) is 14.4 Å². The quantitative estimate of drug-likeness (QED) is 0.0471. The fourth-order valence-electron chi connectivity index (χ4n) is 13.9. The van der Waals surface area contributed by atoms with Crippen LogP contribution in [0.2, 0.25) is 0 Å². The molecule has 12 heteroatoms. The molecule has 12 atom stereocenters. The molecule has 6 aliphatic rings. The summed E-state index contributed by atoms with van der Waals surface area (Å²) in [6, 6.07) is 6.17. The van der Waals surface area contributed by atoms with E-state index in [1.807, 2.05) is 18.2 Å². The van der Waals surface area contributed by atoms with Gasteiger partial charge in [0.1, 0.15) is 6.04 Å². The summed E-state index contributed by atoms with van der Waals surface area (Å²) in [7, 11) is 0. The van der Waals surface area contributed by atoms with Gasteiger partial charge in [-0.25, -0.2) is 4.79 Å². The zero-order valence-electron chi connectivity index (χ0n) is 36.7. The van der Waals surface area contributed by atoms with Crippen LogP contribution >= 0.6 is 22.6 Å². The van der Waals surface area contributed by atoms with Crippen molar-refractivity contribution in [2.24, 2.45) is 51.2 Å². The second kappa shape index (κ2) is 17.4. The van der Waals surface area contributed by atoms with Gasteiger partial charge in [-0.15, -0.1) is 0 Å². The predicted molar refractivity (Wildman–Crippen MR) is 245 cm³/mol. The third kappa shape index (κ3) is 8.24. The number of allylic oxidation sites excluding steroid dienone is 2. The lowest BCUT2D eigenvalue weighted by molar-refractivity contribution is -0.201. The van der Waals surface area contributed by atoms with Gasteiger partial charge in [0.15, 0.2) is 0 Å². The number of carbonyl (C=O) groups is 4. The Morgan fingerprint density at radius 2 is 1.72 bits per heavy atom. The fourth-order valence-corrected chi connectivity index (χ4v) is 15.5. The molecule has 12 unspecified atom stereocenters. The number of halogens is 1. The molecule has 3 amide bonds. The van der Waals surface area contributed by atoms with Crippen LogP contribution in [-0.4, -0.2) is 80.3 Å². The topological polar surface area (TPSA) is 177 Å². The number of aliphatic hydroxyl groups is 2. The van der Waals surface area contributed by atoms with Crippen LogP contribution in [0.4, 0.5) is 0 Å². The highest BCUT2D eigenvalue weighted by atomic mass is 127. The number of benzene rings is 1. The minimum Gasteiger partial charge on any atom is -0.513 e. The minimum absolute atomic E-state index is 0.0375. The molecule has 0 radical (unpaired) electrons. The average molecular weight is 953 g/mol. The van der Waals surface area contributed by atoms with Crippen molar-refractivity contribution < 1.29 is 34.5 Å². The minimum atomic E-state index is -1.18. The number of aliphatic carboxylic acids is 1. The summed E-state index contributed by atoms with van der Waals surface area (Å²) in [5.41, 5.74) is 2.63. The number of carboxylic acid groups (broad SMARTS) is 1. The van der Waals surface area contributed by atoms with E-state index in [9.17, 15) is 34.5 Å². The van der Waals surface area contributed by atoms with Gasteiger partial charge in [0.25, 0.3) is 5.91 Å². The predicted octanol–water partition coefficient (Wildman–Crippen LogP) is 7.19. The Morgan fingerprint density at radius 3 is 2.43 bits per heavy atom. The number of carbonyl (C=O) groups excluding carboxylic acids is 3. The Morgan fingerprint density at radius 1 is 0.951 bits per heavy atom. The van der Waals surface area contributed by atoms with E-state index in [1.165, 1.54) is 18.4 Å². The summed E-state index contributed by atoms with van der Waals surface area (Å²) in [5, 5.41) is 42.0. The monoisotopic (exact) mass is 952 g/mol. The van der Waals surface area contributed by atoms with E-state index in [0.29, 0.717) is 42.8 Å². The second-order valence-corrected chi connectivity index (χ2v) is 22.6. The number of aliphatic hydroxyl groups excluding tert-OH is 2. The summed E-state index contributed by atoms with van der Waals surface area (Å²) in [5.74, 6) is -0.647. The molecule has 61 heavy (non-hydrogen) atoms. The molecule has 0 bridgehead atoms. The maximum absolute atomic E-state index is 14.5. The number of alkyl halides is 1. The maximum Gasteiger partial charge on any atom is 0.326 e. The van der Waals surface area contributed by atoms with Gasteiger partial charge >= 0.3 is 5.97 Å². The van der Waals surface area contributed by atoms with Crippen LogP contribution in [0, 0.1) is 51.2 Å². The number of carboxylic acids is 1. The number of amides is 3. The first-order chi connectivity index (χ1) is 28.8. The van der Waals surface area contributed by atoms with E-state index < -0.39 is 29.3 Å². The molecule has 5 fully saturated rings. The van der Waals surface area contributed by atoms with Crippen molar-refractivity contribution in [1.82, 2.24) is 21.3 Å². The van der Waals surface area contributed by atoms with E-state index in [4.69, 9.17) is 0 Å². The average Bonchev–Trinajstić information content (AvgIpc) is 3.57. The van der Waals surface area contributed by atoms with Crippen molar-refractivity contribution in [3.05, 3.63) is 72.0 Å². The lowest BCUT2D eigenvalue weighted by atomic mass is 9.36. The maximum atomic E-state index is 14.5. The zero-order valence-corrected chi connectivity index (χ0v) is 38.8. The largest absolute Gasteiger partial charge is 0.513 e. The lowest BCUT2D eigenvalue weighted by Gasteiger charge is -2.71. The number of rotatable bonds is 13. The Kier molecular flexibility index (Phi) is 13.1. The number of nitrogens with one attached hydrogen (secondary N) is 4. The van der Waals surface area contributed by atoms with Crippen LogP contribution in [0.15, 0.2) is 60.9 Å². The molecule has 1 heterocycles. The van der Waals surface area contributed by atoms with Crippen molar-refractivity contribution in [3.63, 3.8) is 0 Å². The lowest BCUT2D eigenvalue weighted by Crippen LogP contribution is -2.68. The van der Waals surface area contributed by atoms with Gasteiger partial charge in [-0.05, 0) is 135 Å². The van der Waals surface area contributed by atoms with Crippen LogP contribution in [0.5, 0.6) is 0 Å². The second-order valence-electron chi connectivity index (χ2n) is 20.7. The summed E-state index contributed by atoms with van der Waals surface area (Å²) in [6.45, 7) is 18.9. The third-order valence-corrected chi connectivity index (χ3v) is 19.8. The zero-order chi connectivity index (χ0) is 44.1. The highest BCUT2D eigenvalue weighted by molar-refractivity contribution is 14.1. The fraction of sp³-hybridized carbons (Fsp3) is 0.673. The molecule has 5 aliphatic carbocycles. The van der Waals surface area contributed by atoms with E-state index >= 15 is 0 Å². The first-order valence-electron chi connectivity index (χ1n) is 22.8. The summed E-state index contributed by atoms with van der Waals surface area (Å²) in [4.78, 5) is 52.0. The number of fused-ring (bicyclic) bond motifs is 7. The Labute approximate surface area is 376 Å². The Balaban J connectivity index is 0.925. The van der Waals surface area contributed by atoms with E-state index in [1.54, 1.807) is 18.2 Å². The molecular formula is C49H69IN4O7. The highest BCUT2D eigenvalue weighted by Crippen LogP contribution is 2.76. The van der Waals surface area contributed by atoms with Gasteiger partial charge in [0, 0.05) is 41.1 Å². The molecule has 334 valence electrons. The van der Waals surface area contributed by atoms with Gasteiger partial charge in [-0.2, -0.15) is 0 Å². The van der Waals surface area contributed by atoms with Crippen molar-refractivity contribution in [2.75, 3.05) is 19.6 Å². The van der Waals surface area contributed by atoms with Gasteiger partial charge in [0.05, 0.1) is 23.2 Å². The van der Waals surface area contributed by atoms with Gasteiger partial charge in [0.2, 0.25) is 11.8 Å². The molecule has 0 saturated heterocycles. The normalized spacial score (nSPS) is 37.8. The van der Waals surface area contributed by atoms with Crippen molar-refractivity contribution in [3.8, 4) is 0 Å². The van der Waals surface area contributed by atoms with E-state index in [-0.39, 0.29) is 74.7 Å². The molecule has 0 spiro atoms. The molecule has 1 aromatic carbocycles. The number of hydrogen-bond donors (Lipinski definition) is 7. The van der Waals surface area contributed by atoms with Crippen LogP contribution in [-0.2, 0) is 20.8 Å². The Bertz CT molecular complexity index is 1950. The SMILES string of the molecule is C=C(O)CCC(NC(=O)C1C=CC(CNC(=O)c2cccc(CCNC(=O)C34CCC(=C)C3C3CCC5C6(C)CCC(O)C(C)(C)C6CCC5(C)C3(I)CC4)c2)NC1)C(=O)O. The van der Waals surface area contributed by atoms with E-state index in [0.717, 1.165) is 56.9 Å². The van der Waals surface area contributed by atoms with Crippen molar-refractivity contribution in [1.29, 1.82) is 0 Å². The summed E-state index contributed by atoms with van der Waals surface area (Å²) >= 11 is 2.89. The van der Waals surface area contributed by atoms with E-state index in [2.05, 4.69) is 84.7 Å². The van der Waals surface area contributed by atoms with Crippen LogP contribution in [0.25, 0.3) is 0 Å². The molecule has 1 aliphatic heterocycles. The molecule has 5 saturated carbocycles. The van der Waals surface area contributed by atoms with Crippen LogP contribution < -0.4 is 21.3 Å². The molecular weight excluding hydrogens is 883 g/mol. The smallest absolute Gasteiger partial charge is 0.326 e. The van der Waals surface area contributed by atoms with Crippen LogP contribution in [0.1, 0.15) is 121 Å². The van der Waals surface area contributed by atoms with Crippen molar-refractivity contribution in [2.45, 2.75) is 133 Å². The van der Waals surface area contributed by atoms with Gasteiger partial charge < -0.3 is 36.6 Å². The third-order valence-electron chi connectivity index (χ3n) is 17.3. The first kappa shape index (κ1) is 45.8. The number of hydrogen-bond acceptors (Lipinski definition) is 7. The Hall–Kier alpha value is -3.23. The summed E-state index contributed by atoms with van der Waals surface area (Å²) in [6.07, 6.45) is 14.3. The van der Waals surface area contributed by atoms with Crippen molar-refractivity contribution >= 4 is 46.3 Å². The summed E-state index contributed by atoms with van der Waals surface area (Å²) < 4.78 is 0.0956. The standard InChI is InChI=1S/C49H69IN4O7/c1-29-16-22-48(23-24-49(50)35(40(29)48)13-15-38-46(5)20-18-39(56)45(3,4)37(46)17-21-47(38,49)6)44(61)51-25-19-31-8-7-9-32(26-31)41(57)53-28-34-12-11-33(27-52-34)42(58)54-36(43(59)60)14-10-30(2)55/h7-9,11-12,26,33-40,52,55-56H,1-2,10,13-25,27-28H2,3-6H3,(H,51,61)(H,53,57)(H,54,58)(H,59,60). The highest BCUT2D eigenvalue weighted by Gasteiger charge is 2.72. The first-order valence-corrected chi connectivity index (χ1v) is 23.9. The van der Waals surface area contributed by atoms with Gasteiger partial charge in [-0.1, -0.05) is 93.3 Å². The van der Waals surface area contributed by atoms with Crippen LogP contribution in [0.3, 0.4) is 0 Å². The molecule has 7 N–H and O–H groups in total. The molecule has 7 rings (SSSR count). The molecule has 11 nitrogen and oxygen atoms in total. The molecule has 0 aromatic heterocycles.